The molecule has 0 amide bonds. The maximum absolute atomic E-state index is 12.1. The largest absolute Gasteiger partial charge is 0.423 e. The molecule has 0 aliphatic carbocycles. The molecule has 5 heteroatoms. The number of rotatable bonds is 6. The summed E-state index contributed by atoms with van der Waals surface area (Å²) in [6, 6.07) is 30.3. The van der Waals surface area contributed by atoms with Crippen LogP contribution in [-0.4, -0.2) is 22.9 Å². The molecule has 150 valence electrons. The Morgan fingerprint density at radius 3 is 1.94 bits per heavy atom. The van der Waals surface area contributed by atoms with E-state index in [1.807, 2.05) is 72.8 Å². The summed E-state index contributed by atoms with van der Waals surface area (Å²) in [5, 5.41) is 8.74. The Balaban J connectivity index is 1.49. The number of ether oxygens (including phenoxy) is 1. The molecule has 0 N–H and O–H groups in total. The molecule has 31 heavy (non-hydrogen) atoms. The van der Waals surface area contributed by atoms with Crippen LogP contribution in [-0.2, 0) is 0 Å². The van der Waals surface area contributed by atoms with Crippen molar-refractivity contribution in [3.63, 3.8) is 0 Å². The van der Waals surface area contributed by atoms with E-state index in [0.717, 1.165) is 22.4 Å². The summed E-state index contributed by atoms with van der Waals surface area (Å²) in [5.41, 5.74) is 4.01. The van der Waals surface area contributed by atoms with Crippen molar-refractivity contribution in [1.29, 1.82) is 0 Å². The average molecular weight is 405 g/mol. The van der Waals surface area contributed by atoms with Crippen LogP contribution in [0.25, 0.3) is 0 Å². The molecule has 3 aromatic carbocycles. The Hall–Kier alpha value is -4.38. The molecule has 0 unspecified atom stereocenters. The van der Waals surface area contributed by atoms with Crippen molar-refractivity contribution in [3.8, 4) is 5.75 Å². The molecule has 0 spiro atoms. The standard InChI is InChI=1S/C26H19N3O2/c30-26(23-12-7-17-27-19-23)31-24-15-13-20(14-16-24)18-28-29-25(21-8-3-1-4-9-21)22-10-5-2-6-11-22/h1-19H. The third-order valence-corrected chi connectivity index (χ3v) is 4.45. The van der Waals surface area contributed by atoms with Gasteiger partial charge in [-0.15, -0.1) is 5.10 Å². The zero-order chi connectivity index (χ0) is 21.3. The van der Waals surface area contributed by atoms with Gasteiger partial charge in [0.25, 0.3) is 0 Å². The van der Waals surface area contributed by atoms with E-state index < -0.39 is 5.97 Å². The Kier molecular flexibility index (Phi) is 6.36. The molecule has 0 fully saturated rings. The highest BCUT2D eigenvalue weighted by Crippen LogP contribution is 2.14. The van der Waals surface area contributed by atoms with Gasteiger partial charge in [-0.2, -0.15) is 5.10 Å². The fraction of sp³-hybridized carbons (Fsp3) is 0. The van der Waals surface area contributed by atoms with Gasteiger partial charge in [-0.1, -0.05) is 60.7 Å². The van der Waals surface area contributed by atoms with Crippen molar-refractivity contribution in [2.75, 3.05) is 0 Å². The summed E-state index contributed by atoms with van der Waals surface area (Å²) >= 11 is 0. The number of carbonyl (C=O) groups excluding carboxylic acids is 1. The lowest BCUT2D eigenvalue weighted by molar-refractivity contribution is 0.0734. The van der Waals surface area contributed by atoms with Crippen molar-refractivity contribution in [1.82, 2.24) is 4.98 Å². The maximum atomic E-state index is 12.1. The average Bonchev–Trinajstić information content (AvgIpc) is 2.84. The van der Waals surface area contributed by atoms with Crippen LogP contribution < -0.4 is 4.74 Å². The fourth-order valence-electron chi connectivity index (χ4n) is 2.90. The molecule has 5 nitrogen and oxygen atoms in total. The lowest BCUT2D eigenvalue weighted by Gasteiger charge is -2.05. The summed E-state index contributed by atoms with van der Waals surface area (Å²) in [5.74, 6) is -0.00162. The van der Waals surface area contributed by atoms with E-state index in [1.165, 1.54) is 6.20 Å². The molecule has 0 aliphatic rings. The molecule has 0 bridgehead atoms. The lowest BCUT2D eigenvalue weighted by Crippen LogP contribution is -2.08. The predicted octanol–water partition coefficient (Wildman–Crippen LogP) is 5.17. The second kappa shape index (κ2) is 9.89. The molecule has 0 aliphatic heterocycles. The molecule has 1 heterocycles. The number of benzene rings is 3. The fourth-order valence-corrected chi connectivity index (χ4v) is 2.90. The zero-order valence-electron chi connectivity index (χ0n) is 16.6. The molecule has 0 atom stereocenters. The number of esters is 1. The molecule has 0 radical (unpaired) electrons. The van der Waals surface area contributed by atoms with Crippen LogP contribution in [0, 0.1) is 0 Å². The summed E-state index contributed by atoms with van der Waals surface area (Å²) in [6.45, 7) is 0. The van der Waals surface area contributed by atoms with Gasteiger partial charge in [0.15, 0.2) is 0 Å². The van der Waals surface area contributed by atoms with Crippen LogP contribution in [0.3, 0.4) is 0 Å². The van der Waals surface area contributed by atoms with Crippen molar-refractivity contribution in [2.24, 2.45) is 10.2 Å². The molecular weight excluding hydrogens is 386 g/mol. The Morgan fingerprint density at radius 2 is 1.35 bits per heavy atom. The number of hydrogen-bond donors (Lipinski definition) is 0. The first-order chi connectivity index (χ1) is 15.3. The van der Waals surface area contributed by atoms with E-state index in [0.29, 0.717) is 11.3 Å². The quantitative estimate of drug-likeness (QED) is 0.192. The van der Waals surface area contributed by atoms with E-state index in [9.17, 15) is 4.79 Å². The monoisotopic (exact) mass is 405 g/mol. The van der Waals surface area contributed by atoms with Gasteiger partial charge in [-0.3, -0.25) is 4.98 Å². The van der Waals surface area contributed by atoms with Crippen LogP contribution in [0.15, 0.2) is 120 Å². The number of aromatic nitrogens is 1. The minimum atomic E-state index is -0.450. The number of pyridine rings is 1. The van der Waals surface area contributed by atoms with Gasteiger partial charge in [-0.25, -0.2) is 4.79 Å². The van der Waals surface area contributed by atoms with E-state index in [2.05, 4.69) is 15.2 Å². The van der Waals surface area contributed by atoms with E-state index in [1.54, 1.807) is 36.7 Å². The topological polar surface area (TPSA) is 63.9 Å². The second-order valence-electron chi connectivity index (χ2n) is 6.63. The Bertz CT molecular complexity index is 1150. The SMILES string of the molecule is O=C(Oc1ccc(C=NN=C(c2ccccc2)c2ccccc2)cc1)c1cccnc1. The van der Waals surface area contributed by atoms with E-state index in [4.69, 9.17) is 4.74 Å². The van der Waals surface area contributed by atoms with Crippen molar-refractivity contribution >= 4 is 17.9 Å². The molecule has 1 aromatic heterocycles. The first kappa shape index (κ1) is 19.9. The molecule has 4 rings (SSSR count). The van der Waals surface area contributed by atoms with Crippen LogP contribution in [0.5, 0.6) is 5.75 Å². The van der Waals surface area contributed by atoms with Gasteiger partial charge in [0.2, 0.25) is 0 Å². The highest BCUT2D eigenvalue weighted by atomic mass is 16.5. The van der Waals surface area contributed by atoms with Gasteiger partial charge < -0.3 is 4.74 Å². The van der Waals surface area contributed by atoms with E-state index >= 15 is 0 Å². The third-order valence-electron chi connectivity index (χ3n) is 4.45. The van der Waals surface area contributed by atoms with Crippen LogP contribution in [0.4, 0.5) is 0 Å². The molecular formula is C26H19N3O2. The number of nitrogens with zero attached hydrogens (tertiary/aromatic N) is 3. The minimum absolute atomic E-state index is 0.400. The number of hydrogen-bond acceptors (Lipinski definition) is 5. The van der Waals surface area contributed by atoms with Crippen LogP contribution in [0.1, 0.15) is 27.0 Å². The second-order valence-corrected chi connectivity index (χ2v) is 6.63. The number of carbonyl (C=O) groups is 1. The lowest BCUT2D eigenvalue weighted by atomic mass is 10.0. The minimum Gasteiger partial charge on any atom is -0.423 e. The maximum Gasteiger partial charge on any atom is 0.345 e. The first-order valence-corrected chi connectivity index (χ1v) is 9.74. The summed E-state index contributed by atoms with van der Waals surface area (Å²) in [7, 11) is 0. The van der Waals surface area contributed by atoms with Crippen molar-refractivity contribution < 1.29 is 9.53 Å². The van der Waals surface area contributed by atoms with Crippen molar-refractivity contribution in [3.05, 3.63) is 132 Å². The Labute approximate surface area is 180 Å². The molecule has 0 saturated carbocycles. The van der Waals surface area contributed by atoms with Gasteiger partial charge in [0.05, 0.1) is 11.8 Å². The smallest absolute Gasteiger partial charge is 0.345 e. The van der Waals surface area contributed by atoms with Crippen molar-refractivity contribution in [2.45, 2.75) is 0 Å². The first-order valence-electron chi connectivity index (χ1n) is 9.74. The van der Waals surface area contributed by atoms with Gasteiger partial charge in [0, 0.05) is 23.5 Å². The Morgan fingerprint density at radius 1 is 0.742 bits per heavy atom. The highest BCUT2D eigenvalue weighted by molar-refractivity contribution is 6.12. The van der Waals surface area contributed by atoms with Crippen LogP contribution in [0.2, 0.25) is 0 Å². The third kappa shape index (κ3) is 5.36. The van der Waals surface area contributed by atoms with Gasteiger partial charge in [0.1, 0.15) is 11.5 Å². The van der Waals surface area contributed by atoms with Gasteiger partial charge in [-0.05, 0) is 42.0 Å². The summed E-state index contributed by atoms with van der Waals surface area (Å²) in [4.78, 5) is 16.0. The van der Waals surface area contributed by atoms with Gasteiger partial charge >= 0.3 is 5.97 Å². The van der Waals surface area contributed by atoms with Crippen LogP contribution >= 0.6 is 0 Å². The normalized spacial score (nSPS) is 10.6. The van der Waals surface area contributed by atoms with E-state index in [-0.39, 0.29) is 0 Å². The summed E-state index contributed by atoms with van der Waals surface area (Å²) in [6.07, 6.45) is 4.74. The predicted molar refractivity (Wildman–Crippen MR) is 122 cm³/mol. The highest BCUT2D eigenvalue weighted by Gasteiger charge is 2.08. The molecule has 0 saturated heterocycles. The molecule has 4 aromatic rings. The zero-order valence-corrected chi connectivity index (χ0v) is 16.6. The summed E-state index contributed by atoms with van der Waals surface area (Å²) < 4.78 is 5.36.